The SMILES string of the molecule is Cc1nn(C)c(CNCc2ccc(F)cc2)c1Cl. The van der Waals surface area contributed by atoms with Crippen LogP contribution in [0.1, 0.15) is 17.0 Å². The molecule has 0 aliphatic heterocycles. The van der Waals surface area contributed by atoms with E-state index < -0.39 is 0 Å². The van der Waals surface area contributed by atoms with Gasteiger partial charge in [-0.05, 0) is 24.6 Å². The average molecular weight is 268 g/mol. The fourth-order valence-corrected chi connectivity index (χ4v) is 2.03. The van der Waals surface area contributed by atoms with E-state index in [1.54, 1.807) is 16.8 Å². The minimum absolute atomic E-state index is 0.218. The highest BCUT2D eigenvalue weighted by Gasteiger charge is 2.09. The van der Waals surface area contributed by atoms with E-state index in [9.17, 15) is 4.39 Å². The summed E-state index contributed by atoms with van der Waals surface area (Å²) in [5.41, 5.74) is 2.82. The molecule has 2 aromatic rings. The Morgan fingerprint density at radius 2 is 1.94 bits per heavy atom. The fourth-order valence-electron chi connectivity index (χ4n) is 1.80. The number of rotatable bonds is 4. The van der Waals surface area contributed by atoms with Crippen LogP contribution in [0.2, 0.25) is 5.02 Å². The third-order valence-corrected chi connectivity index (χ3v) is 3.29. The molecule has 0 amide bonds. The minimum atomic E-state index is -0.218. The number of nitrogens with zero attached hydrogens (tertiary/aromatic N) is 2. The monoisotopic (exact) mass is 267 g/mol. The molecule has 0 saturated carbocycles. The second-order valence-corrected chi connectivity index (χ2v) is 4.58. The molecule has 0 aliphatic carbocycles. The quantitative estimate of drug-likeness (QED) is 0.923. The van der Waals surface area contributed by atoms with Gasteiger partial charge in [-0.2, -0.15) is 5.10 Å². The van der Waals surface area contributed by atoms with Gasteiger partial charge in [0, 0.05) is 20.1 Å². The summed E-state index contributed by atoms with van der Waals surface area (Å²) in [5, 5.41) is 8.21. The Morgan fingerprint density at radius 3 is 2.50 bits per heavy atom. The van der Waals surface area contributed by atoms with Gasteiger partial charge < -0.3 is 5.32 Å². The molecule has 1 aromatic carbocycles. The van der Waals surface area contributed by atoms with Crippen LogP contribution in [0.4, 0.5) is 4.39 Å². The van der Waals surface area contributed by atoms with Crippen molar-refractivity contribution in [1.29, 1.82) is 0 Å². The lowest BCUT2D eigenvalue weighted by atomic mass is 10.2. The van der Waals surface area contributed by atoms with Crippen LogP contribution in [0, 0.1) is 12.7 Å². The lowest BCUT2D eigenvalue weighted by Gasteiger charge is -2.06. The summed E-state index contributed by atoms with van der Waals surface area (Å²) in [4.78, 5) is 0. The summed E-state index contributed by atoms with van der Waals surface area (Å²) in [6.45, 7) is 3.18. The van der Waals surface area contributed by atoms with Gasteiger partial charge in [-0.3, -0.25) is 4.68 Å². The fraction of sp³-hybridized carbons (Fsp3) is 0.308. The topological polar surface area (TPSA) is 29.9 Å². The molecule has 1 N–H and O–H groups in total. The Morgan fingerprint density at radius 1 is 1.28 bits per heavy atom. The molecule has 2 rings (SSSR count). The zero-order valence-corrected chi connectivity index (χ0v) is 11.1. The van der Waals surface area contributed by atoms with Crippen molar-refractivity contribution >= 4 is 11.6 Å². The van der Waals surface area contributed by atoms with Crippen molar-refractivity contribution in [3.8, 4) is 0 Å². The predicted molar refractivity (Wildman–Crippen MR) is 69.9 cm³/mol. The van der Waals surface area contributed by atoms with E-state index >= 15 is 0 Å². The number of benzene rings is 1. The summed E-state index contributed by atoms with van der Waals surface area (Å²) in [7, 11) is 1.87. The number of aryl methyl sites for hydroxylation is 2. The minimum Gasteiger partial charge on any atom is -0.307 e. The highest BCUT2D eigenvalue weighted by Crippen LogP contribution is 2.19. The molecular weight excluding hydrogens is 253 g/mol. The van der Waals surface area contributed by atoms with E-state index in [4.69, 9.17) is 11.6 Å². The lowest BCUT2D eigenvalue weighted by molar-refractivity contribution is 0.616. The predicted octanol–water partition coefficient (Wildman–Crippen LogP) is 2.81. The Kier molecular flexibility index (Phi) is 3.99. The smallest absolute Gasteiger partial charge is 0.123 e. The molecule has 0 unspecified atom stereocenters. The first-order valence-electron chi connectivity index (χ1n) is 5.71. The molecular formula is C13H15ClFN3. The van der Waals surface area contributed by atoms with Gasteiger partial charge in [0.1, 0.15) is 5.82 Å². The van der Waals surface area contributed by atoms with E-state index in [2.05, 4.69) is 10.4 Å². The Balaban J connectivity index is 1.94. The van der Waals surface area contributed by atoms with Gasteiger partial charge in [-0.25, -0.2) is 4.39 Å². The van der Waals surface area contributed by atoms with Crippen molar-refractivity contribution in [2.24, 2.45) is 7.05 Å². The number of hydrogen-bond acceptors (Lipinski definition) is 2. The Labute approximate surface area is 111 Å². The van der Waals surface area contributed by atoms with Crippen molar-refractivity contribution in [2.75, 3.05) is 0 Å². The van der Waals surface area contributed by atoms with Crippen LogP contribution in [-0.4, -0.2) is 9.78 Å². The van der Waals surface area contributed by atoms with Crippen molar-refractivity contribution in [2.45, 2.75) is 20.0 Å². The molecule has 1 heterocycles. The van der Waals surface area contributed by atoms with Crippen molar-refractivity contribution in [3.05, 3.63) is 52.1 Å². The van der Waals surface area contributed by atoms with Crippen LogP contribution < -0.4 is 5.32 Å². The molecule has 3 nitrogen and oxygen atoms in total. The van der Waals surface area contributed by atoms with Crippen molar-refractivity contribution < 1.29 is 4.39 Å². The molecule has 1 aromatic heterocycles. The van der Waals surface area contributed by atoms with E-state index in [1.165, 1.54) is 12.1 Å². The molecule has 0 bridgehead atoms. The number of hydrogen-bond donors (Lipinski definition) is 1. The highest BCUT2D eigenvalue weighted by atomic mass is 35.5. The average Bonchev–Trinajstić information content (AvgIpc) is 2.58. The third-order valence-electron chi connectivity index (χ3n) is 2.80. The molecule has 0 fully saturated rings. The normalized spacial score (nSPS) is 10.9. The van der Waals surface area contributed by atoms with Gasteiger partial charge in [-0.15, -0.1) is 0 Å². The Hall–Kier alpha value is -1.39. The van der Waals surface area contributed by atoms with Crippen LogP contribution >= 0.6 is 11.6 Å². The number of nitrogens with one attached hydrogen (secondary N) is 1. The third kappa shape index (κ3) is 2.89. The molecule has 0 spiro atoms. The lowest BCUT2D eigenvalue weighted by Crippen LogP contribution is -2.15. The van der Waals surface area contributed by atoms with Gasteiger partial charge >= 0.3 is 0 Å². The van der Waals surface area contributed by atoms with E-state index in [0.29, 0.717) is 18.1 Å². The van der Waals surface area contributed by atoms with Crippen LogP contribution in [0.5, 0.6) is 0 Å². The zero-order chi connectivity index (χ0) is 13.1. The maximum atomic E-state index is 12.7. The standard InChI is InChI=1S/C13H15ClFN3/c1-9-13(14)12(18(2)17-9)8-16-7-10-3-5-11(15)6-4-10/h3-6,16H,7-8H2,1-2H3. The van der Waals surface area contributed by atoms with Crippen LogP contribution in [0.3, 0.4) is 0 Å². The molecule has 5 heteroatoms. The molecule has 0 aliphatic rings. The Bertz CT molecular complexity index is 534. The summed E-state index contributed by atoms with van der Waals surface area (Å²) < 4.78 is 14.5. The van der Waals surface area contributed by atoms with Crippen molar-refractivity contribution in [1.82, 2.24) is 15.1 Å². The van der Waals surface area contributed by atoms with E-state index in [0.717, 1.165) is 17.0 Å². The van der Waals surface area contributed by atoms with Gasteiger partial charge in [0.2, 0.25) is 0 Å². The van der Waals surface area contributed by atoms with Gasteiger partial charge in [0.15, 0.2) is 0 Å². The van der Waals surface area contributed by atoms with Gasteiger partial charge in [0.05, 0.1) is 16.4 Å². The van der Waals surface area contributed by atoms with Crippen LogP contribution in [-0.2, 0) is 20.1 Å². The highest BCUT2D eigenvalue weighted by molar-refractivity contribution is 6.31. The summed E-state index contributed by atoms with van der Waals surface area (Å²) >= 11 is 6.14. The number of halogens is 2. The van der Waals surface area contributed by atoms with Gasteiger partial charge in [-0.1, -0.05) is 23.7 Å². The summed E-state index contributed by atoms with van der Waals surface area (Å²) in [6.07, 6.45) is 0. The van der Waals surface area contributed by atoms with Crippen LogP contribution in [0.15, 0.2) is 24.3 Å². The molecule has 96 valence electrons. The molecule has 0 atom stereocenters. The summed E-state index contributed by atoms with van der Waals surface area (Å²) in [5.74, 6) is -0.218. The molecule has 0 saturated heterocycles. The molecule has 0 radical (unpaired) electrons. The van der Waals surface area contributed by atoms with Crippen molar-refractivity contribution in [3.63, 3.8) is 0 Å². The van der Waals surface area contributed by atoms with Crippen LogP contribution in [0.25, 0.3) is 0 Å². The molecule has 18 heavy (non-hydrogen) atoms. The number of aromatic nitrogens is 2. The second kappa shape index (κ2) is 5.50. The first-order chi connectivity index (χ1) is 8.58. The maximum Gasteiger partial charge on any atom is 0.123 e. The zero-order valence-electron chi connectivity index (χ0n) is 10.4. The van der Waals surface area contributed by atoms with E-state index in [-0.39, 0.29) is 5.82 Å². The summed E-state index contributed by atoms with van der Waals surface area (Å²) in [6, 6.07) is 6.44. The largest absolute Gasteiger partial charge is 0.307 e. The first kappa shape index (κ1) is 13.1. The maximum absolute atomic E-state index is 12.7. The van der Waals surface area contributed by atoms with E-state index in [1.807, 2.05) is 14.0 Å². The second-order valence-electron chi connectivity index (χ2n) is 4.20. The first-order valence-corrected chi connectivity index (χ1v) is 6.09. The van der Waals surface area contributed by atoms with Gasteiger partial charge in [0.25, 0.3) is 0 Å².